The first-order valence-corrected chi connectivity index (χ1v) is 18.3. The van der Waals surface area contributed by atoms with Crippen LogP contribution in [0.3, 0.4) is 0 Å². The Morgan fingerprint density at radius 3 is 1.30 bits per heavy atom. The van der Waals surface area contributed by atoms with E-state index in [-0.39, 0.29) is 25.2 Å². The van der Waals surface area contributed by atoms with Crippen LogP contribution < -0.4 is 0 Å². The molecule has 258 valence electrons. The molecule has 0 aliphatic rings. The van der Waals surface area contributed by atoms with Crippen LogP contribution >= 0.6 is 0 Å². The third-order valence-corrected chi connectivity index (χ3v) is 8.62. The van der Waals surface area contributed by atoms with Crippen LogP contribution in [-0.2, 0) is 32.3 Å². The van der Waals surface area contributed by atoms with Crippen LogP contribution in [0.25, 0.3) is 11.1 Å². The number of ether oxygens (including phenoxy) is 2. The van der Waals surface area contributed by atoms with Crippen LogP contribution in [0, 0.1) is 0 Å². The van der Waals surface area contributed by atoms with Crippen molar-refractivity contribution in [2.24, 2.45) is 0 Å². The second kappa shape index (κ2) is 25.4. The highest BCUT2D eigenvalue weighted by molar-refractivity contribution is 5.70. The summed E-state index contributed by atoms with van der Waals surface area (Å²) in [6.07, 6.45) is 18.2. The first kappa shape index (κ1) is 39.5. The molecule has 0 saturated carbocycles. The zero-order valence-corrected chi connectivity index (χ0v) is 29.7. The minimum absolute atomic E-state index is 0.147. The number of esters is 2. The maximum Gasteiger partial charge on any atom is 0.306 e. The smallest absolute Gasteiger partial charge is 0.306 e. The fraction of sp³-hybridized carbons (Fsp3) is 0.650. The van der Waals surface area contributed by atoms with Gasteiger partial charge in [0.05, 0.1) is 0 Å². The van der Waals surface area contributed by atoms with E-state index in [0.29, 0.717) is 12.8 Å². The Morgan fingerprint density at radius 1 is 0.522 bits per heavy atom. The molecule has 0 saturated heterocycles. The highest BCUT2D eigenvalue weighted by Gasteiger charge is 2.09. The van der Waals surface area contributed by atoms with Crippen LogP contribution in [0.2, 0.25) is 0 Å². The molecule has 0 amide bonds. The standard InChI is InChI=1S/C40H64N2O4/c1-5-7-9-11-13-15-27-41(3)29-19-25-39(43)45-33-35-21-17-23-37(31-35)38-24-18-22-36(32-38)34-46-40(44)26-20-30-42(4)28-16-14-12-10-8-6-2/h17-18,21-24,31-32H,5-16,19-20,25-30,33-34H2,1-4H3. The minimum atomic E-state index is -0.147. The lowest BCUT2D eigenvalue weighted by atomic mass is 10.0. The van der Waals surface area contributed by atoms with Gasteiger partial charge in [-0.15, -0.1) is 0 Å². The van der Waals surface area contributed by atoms with Gasteiger partial charge in [-0.05, 0) is 100 Å². The van der Waals surface area contributed by atoms with Crippen molar-refractivity contribution in [3.05, 3.63) is 59.7 Å². The van der Waals surface area contributed by atoms with E-state index in [1.54, 1.807) is 0 Å². The number of unbranched alkanes of at least 4 members (excludes halogenated alkanes) is 10. The largest absolute Gasteiger partial charge is 0.461 e. The fourth-order valence-corrected chi connectivity index (χ4v) is 5.69. The molecule has 0 heterocycles. The number of carbonyl (C=O) groups is 2. The molecular weight excluding hydrogens is 572 g/mol. The van der Waals surface area contributed by atoms with Crippen LogP contribution in [0.1, 0.15) is 128 Å². The summed E-state index contributed by atoms with van der Waals surface area (Å²) in [7, 11) is 4.28. The van der Waals surface area contributed by atoms with Gasteiger partial charge in [0, 0.05) is 12.8 Å². The van der Waals surface area contributed by atoms with Crippen molar-refractivity contribution < 1.29 is 19.1 Å². The van der Waals surface area contributed by atoms with Crippen molar-refractivity contribution >= 4 is 11.9 Å². The van der Waals surface area contributed by atoms with Gasteiger partial charge in [-0.2, -0.15) is 0 Å². The SMILES string of the molecule is CCCCCCCCN(C)CCCC(=O)OCc1cccc(-c2cccc(COC(=O)CCCN(C)CCCCCCCC)c2)c1. The van der Waals surface area contributed by atoms with Crippen molar-refractivity contribution in [1.82, 2.24) is 9.80 Å². The Morgan fingerprint density at radius 2 is 0.891 bits per heavy atom. The molecule has 0 aromatic heterocycles. The highest BCUT2D eigenvalue weighted by atomic mass is 16.5. The van der Waals surface area contributed by atoms with E-state index in [4.69, 9.17) is 9.47 Å². The van der Waals surface area contributed by atoms with Gasteiger partial charge in [0.2, 0.25) is 0 Å². The van der Waals surface area contributed by atoms with Gasteiger partial charge < -0.3 is 19.3 Å². The van der Waals surface area contributed by atoms with E-state index in [1.165, 1.54) is 77.0 Å². The predicted molar refractivity (Wildman–Crippen MR) is 192 cm³/mol. The average molecular weight is 637 g/mol. The quantitative estimate of drug-likeness (QED) is 0.0719. The van der Waals surface area contributed by atoms with Crippen LogP contribution in [-0.4, -0.2) is 62.0 Å². The zero-order valence-electron chi connectivity index (χ0n) is 29.7. The molecule has 46 heavy (non-hydrogen) atoms. The van der Waals surface area contributed by atoms with Gasteiger partial charge in [0.15, 0.2) is 0 Å². The second-order valence-corrected chi connectivity index (χ2v) is 13.1. The van der Waals surface area contributed by atoms with E-state index in [2.05, 4.69) is 62.0 Å². The fourth-order valence-electron chi connectivity index (χ4n) is 5.69. The molecule has 0 radical (unpaired) electrons. The van der Waals surface area contributed by atoms with Crippen molar-refractivity contribution in [1.29, 1.82) is 0 Å². The van der Waals surface area contributed by atoms with Crippen molar-refractivity contribution in [3.63, 3.8) is 0 Å². The number of hydrogen-bond donors (Lipinski definition) is 0. The summed E-state index contributed by atoms with van der Waals surface area (Å²) in [6.45, 7) is 9.06. The topological polar surface area (TPSA) is 59.1 Å². The van der Waals surface area contributed by atoms with E-state index in [0.717, 1.165) is 61.3 Å². The van der Waals surface area contributed by atoms with E-state index in [1.807, 2.05) is 24.3 Å². The Labute approximate surface area is 281 Å². The summed E-state index contributed by atoms with van der Waals surface area (Å²) in [5.74, 6) is -0.293. The molecule has 6 nitrogen and oxygen atoms in total. The van der Waals surface area contributed by atoms with Gasteiger partial charge >= 0.3 is 11.9 Å². The molecule has 0 unspecified atom stereocenters. The molecule has 0 aliphatic carbocycles. The second-order valence-electron chi connectivity index (χ2n) is 13.1. The molecule has 2 aromatic rings. The Hall–Kier alpha value is -2.70. The lowest BCUT2D eigenvalue weighted by molar-refractivity contribution is -0.146. The molecule has 0 spiro atoms. The van der Waals surface area contributed by atoms with Gasteiger partial charge in [-0.1, -0.05) is 114 Å². The normalized spacial score (nSPS) is 11.3. The first-order chi connectivity index (χ1) is 22.4. The number of hydrogen-bond acceptors (Lipinski definition) is 6. The van der Waals surface area contributed by atoms with Gasteiger partial charge in [0.1, 0.15) is 13.2 Å². The maximum atomic E-state index is 12.4. The third-order valence-electron chi connectivity index (χ3n) is 8.62. The summed E-state index contributed by atoms with van der Waals surface area (Å²) in [5, 5.41) is 0. The first-order valence-electron chi connectivity index (χ1n) is 18.3. The number of nitrogens with zero attached hydrogens (tertiary/aromatic N) is 2. The third kappa shape index (κ3) is 19.1. The number of benzene rings is 2. The van der Waals surface area contributed by atoms with Gasteiger partial charge in [0.25, 0.3) is 0 Å². The lowest BCUT2D eigenvalue weighted by Gasteiger charge is -2.16. The predicted octanol–water partition coefficient (Wildman–Crippen LogP) is 9.59. The van der Waals surface area contributed by atoms with Crippen LogP contribution in [0.5, 0.6) is 0 Å². The molecular formula is C40H64N2O4. The molecule has 0 atom stereocenters. The lowest BCUT2D eigenvalue weighted by Crippen LogP contribution is -2.21. The number of carbonyl (C=O) groups excluding carboxylic acids is 2. The minimum Gasteiger partial charge on any atom is -0.461 e. The van der Waals surface area contributed by atoms with Gasteiger partial charge in [-0.25, -0.2) is 0 Å². The van der Waals surface area contributed by atoms with E-state index >= 15 is 0 Å². The van der Waals surface area contributed by atoms with Crippen LogP contribution in [0.15, 0.2) is 48.5 Å². The van der Waals surface area contributed by atoms with Crippen LogP contribution in [0.4, 0.5) is 0 Å². The summed E-state index contributed by atoms with van der Waals surface area (Å²) in [6, 6.07) is 16.2. The molecule has 0 bridgehead atoms. The molecule has 2 rings (SSSR count). The Bertz CT molecular complexity index is 1000. The summed E-state index contributed by atoms with van der Waals surface area (Å²) in [5.41, 5.74) is 4.02. The molecule has 0 N–H and O–H groups in total. The Kier molecular flexibility index (Phi) is 21.8. The molecule has 6 heteroatoms. The van der Waals surface area contributed by atoms with Crippen molar-refractivity contribution in [2.45, 2.75) is 130 Å². The van der Waals surface area contributed by atoms with Gasteiger partial charge in [-0.3, -0.25) is 9.59 Å². The monoisotopic (exact) mass is 636 g/mol. The average Bonchev–Trinajstić information content (AvgIpc) is 3.06. The molecule has 2 aromatic carbocycles. The van der Waals surface area contributed by atoms with E-state index in [9.17, 15) is 9.59 Å². The maximum absolute atomic E-state index is 12.4. The summed E-state index contributed by atoms with van der Waals surface area (Å²) >= 11 is 0. The van der Waals surface area contributed by atoms with Crippen molar-refractivity contribution in [2.75, 3.05) is 40.3 Å². The molecule has 0 fully saturated rings. The number of rotatable bonds is 27. The van der Waals surface area contributed by atoms with E-state index < -0.39 is 0 Å². The van der Waals surface area contributed by atoms with Crippen molar-refractivity contribution in [3.8, 4) is 11.1 Å². The Balaban J connectivity index is 1.66. The molecule has 0 aliphatic heterocycles. The zero-order chi connectivity index (χ0) is 33.2. The highest BCUT2D eigenvalue weighted by Crippen LogP contribution is 2.23. The summed E-state index contributed by atoms with van der Waals surface area (Å²) in [4.78, 5) is 29.4. The summed E-state index contributed by atoms with van der Waals surface area (Å²) < 4.78 is 11.2.